The van der Waals surface area contributed by atoms with Crippen molar-refractivity contribution >= 4 is 40.1 Å². The van der Waals surface area contributed by atoms with Gasteiger partial charge in [0.1, 0.15) is 0 Å². The second kappa shape index (κ2) is 8.86. The lowest BCUT2D eigenvalue weighted by atomic mass is 9.86. The number of aliphatic imine (C=N–C) groups is 1. The lowest BCUT2D eigenvalue weighted by Gasteiger charge is -2.34. The topological polar surface area (TPSA) is 28.5 Å². The van der Waals surface area contributed by atoms with Gasteiger partial charge in [0.2, 0.25) is 0 Å². The number of hydrogen-bond acceptors (Lipinski definition) is 3. The maximum atomic E-state index is 4.96. The molecular weight excluding hydrogens is 510 g/mol. The van der Waals surface area contributed by atoms with Gasteiger partial charge >= 0.3 is 0 Å². The highest BCUT2D eigenvalue weighted by atomic mass is 15.2. The Balaban J connectivity index is 1.27. The van der Waals surface area contributed by atoms with E-state index in [1.165, 1.54) is 66.4 Å². The summed E-state index contributed by atoms with van der Waals surface area (Å²) in [4.78, 5) is 11.6. The predicted molar refractivity (Wildman–Crippen MR) is 175 cm³/mol. The van der Waals surface area contributed by atoms with Crippen molar-refractivity contribution in [3.63, 3.8) is 0 Å². The molecule has 0 amide bonds. The SMILES string of the molecule is C=Nc1ccccc1N1Cc2c(cc(-c3ccc4c(c3)C3=CCCc5cccc-4c53)c3ccccc23)-c2ncccc21. The van der Waals surface area contributed by atoms with Gasteiger partial charge in [-0.25, -0.2) is 0 Å². The first-order valence-electron chi connectivity index (χ1n) is 14.6. The molecule has 0 radical (unpaired) electrons. The number of fused-ring (bicyclic) bond motifs is 8. The van der Waals surface area contributed by atoms with Gasteiger partial charge in [-0.15, -0.1) is 0 Å². The van der Waals surface area contributed by atoms with Crippen LogP contribution < -0.4 is 4.90 Å². The second-order valence-electron chi connectivity index (χ2n) is 11.4. The zero-order chi connectivity index (χ0) is 27.8. The highest BCUT2D eigenvalue weighted by Gasteiger charge is 2.30. The fraction of sp³-hybridized carbons (Fsp3) is 0.0769. The van der Waals surface area contributed by atoms with Crippen molar-refractivity contribution in [2.75, 3.05) is 4.90 Å². The summed E-state index contributed by atoms with van der Waals surface area (Å²) in [6, 6.07) is 37.5. The molecule has 0 N–H and O–H groups in total. The van der Waals surface area contributed by atoms with Gasteiger partial charge in [-0.1, -0.05) is 72.8 Å². The first-order chi connectivity index (χ1) is 20.8. The van der Waals surface area contributed by atoms with Crippen molar-refractivity contribution in [1.82, 2.24) is 4.98 Å². The van der Waals surface area contributed by atoms with Gasteiger partial charge in [0, 0.05) is 18.3 Å². The third-order valence-electron chi connectivity index (χ3n) is 9.24. The molecule has 2 heterocycles. The maximum Gasteiger partial charge on any atom is 0.0942 e. The summed E-state index contributed by atoms with van der Waals surface area (Å²) in [7, 11) is 0. The number of pyridine rings is 1. The number of nitrogens with zero attached hydrogens (tertiary/aromatic N) is 3. The second-order valence-corrected chi connectivity index (χ2v) is 11.4. The molecule has 0 fully saturated rings. The van der Waals surface area contributed by atoms with E-state index in [-0.39, 0.29) is 0 Å². The number of aromatic nitrogens is 1. The fourth-order valence-corrected chi connectivity index (χ4v) is 7.40. The molecule has 3 heteroatoms. The Bertz CT molecular complexity index is 2150. The highest BCUT2D eigenvalue weighted by Crippen LogP contribution is 2.51. The molecule has 0 unspecified atom stereocenters. The van der Waals surface area contributed by atoms with Crippen LogP contribution in [0.15, 0.2) is 120 Å². The number of anilines is 2. The van der Waals surface area contributed by atoms with Crippen molar-refractivity contribution in [3.8, 4) is 33.5 Å². The number of rotatable bonds is 3. The standard InChI is InChI=1S/C39H27N3/c1-40-35-15-4-5-16-36(35)42-23-34-27-12-3-2-11-26(27)31(22-33(34)39-37(42)17-8-20-41-39)25-18-19-28-29-13-6-9-24-10-7-14-30(38(24)29)32(28)21-25/h2-6,8-9,11-22H,1,7,10,23H2. The van der Waals surface area contributed by atoms with Crippen molar-refractivity contribution in [1.29, 1.82) is 0 Å². The average molecular weight is 538 g/mol. The molecule has 2 aliphatic carbocycles. The Morgan fingerprint density at radius 2 is 1.55 bits per heavy atom. The van der Waals surface area contributed by atoms with Gasteiger partial charge in [-0.3, -0.25) is 9.98 Å². The number of hydrogen-bond donors (Lipinski definition) is 0. The molecule has 0 atom stereocenters. The third kappa shape index (κ3) is 3.22. The number of benzene rings is 5. The highest BCUT2D eigenvalue weighted by molar-refractivity contribution is 6.08. The van der Waals surface area contributed by atoms with Crippen LogP contribution in [0.4, 0.5) is 17.1 Å². The van der Waals surface area contributed by atoms with Crippen molar-refractivity contribution in [3.05, 3.63) is 138 Å². The molecule has 9 rings (SSSR count). The lowest BCUT2D eigenvalue weighted by molar-refractivity contribution is 0.959. The van der Waals surface area contributed by atoms with Gasteiger partial charge in [0.15, 0.2) is 0 Å². The molecule has 0 saturated carbocycles. The van der Waals surface area contributed by atoms with E-state index >= 15 is 0 Å². The number of para-hydroxylation sites is 2. The van der Waals surface area contributed by atoms with Crippen molar-refractivity contribution in [2.45, 2.75) is 19.4 Å². The Labute approximate surface area is 245 Å². The quantitative estimate of drug-likeness (QED) is 0.210. The summed E-state index contributed by atoms with van der Waals surface area (Å²) in [5, 5.41) is 2.53. The minimum absolute atomic E-state index is 0.733. The molecule has 0 spiro atoms. The van der Waals surface area contributed by atoms with Gasteiger partial charge < -0.3 is 4.90 Å². The van der Waals surface area contributed by atoms with Gasteiger partial charge in [0.25, 0.3) is 0 Å². The Hall–Kier alpha value is -5.28. The van der Waals surface area contributed by atoms with E-state index < -0.39 is 0 Å². The van der Waals surface area contributed by atoms with E-state index in [1.807, 2.05) is 24.4 Å². The summed E-state index contributed by atoms with van der Waals surface area (Å²) in [6.45, 7) is 4.58. The molecular formula is C39H27N3. The summed E-state index contributed by atoms with van der Waals surface area (Å²) in [6.07, 6.45) is 6.57. The zero-order valence-electron chi connectivity index (χ0n) is 23.1. The number of allylic oxidation sites excluding steroid dienone is 1. The van der Waals surface area contributed by atoms with Gasteiger partial charge in [0.05, 0.1) is 22.8 Å². The molecule has 5 aromatic carbocycles. The van der Waals surface area contributed by atoms with Crippen molar-refractivity contribution in [2.24, 2.45) is 4.99 Å². The first kappa shape index (κ1) is 23.4. The first-order valence-corrected chi connectivity index (χ1v) is 14.6. The van der Waals surface area contributed by atoms with Crippen LogP contribution in [0.25, 0.3) is 49.9 Å². The molecule has 1 aliphatic heterocycles. The Kier molecular flexibility index (Phi) is 4.94. The van der Waals surface area contributed by atoms with E-state index in [1.54, 1.807) is 0 Å². The van der Waals surface area contributed by atoms with Crippen LogP contribution >= 0.6 is 0 Å². The van der Waals surface area contributed by atoms with Crippen LogP contribution in [-0.4, -0.2) is 11.7 Å². The minimum atomic E-state index is 0.733. The Morgan fingerprint density at radius 3 is 2.48 bits per heavy atom. The molecule has 1 aromatic heterocycles. The molecule has 6 aromatic rings. The van der Waals surface area contributed by atoms with E-state index in [0.717, 1.165) is 42.1 Å². The summed E-state index contributed by atoms with van der Waals surface area (Å²) in [5.41, 5.74) is 17.4. The van der Waals surface area contributed by atoms with E-state index in [4.69, 9.17) is 4.98 Å². The average Bonchev–Trinajstić information content (AvgIpc) is 3.38. The normalized spacial score (nSPS) is 14.1. The third-order valence-corrected chi connectivity index (χ3v) is 9.24. The largest absolute Gasteiger partial charge is 0.333 e. The summed E-state index contributed by atoms with van der Waals surface area (Å²) < 4.78 is 0. The molecule has 3 nitrogen and oxygen atoms in total. The van der Waals surface area contributed by atoms with Crippen molar-refractivity contribution < 1.29 is 0 Å². The van der Waals surface area contributed by atoms with Crippen LogP contribution in [-0.2, 0) is 13.0 Å². The van der Waals surface area contributed by atoms with Gasteiger partial charge in [-0.2, -0.15) is 0 Å². The van der Waals surface area contributed by atoms with Crippen LogP contribution in [0.5, 0.6) is 0 Å². The molecule has 3 aliphatic rings. The molecule has 0 saturated heterocycles. The maximum absolute atomic E-state index is 4.96. The Morgan fingerprint density at radius 1 is 0.690 bits per heavy atom. The summed E-state index contributed by atoms with van der Waals surface area (Å²) >= 11 is 0. The molecule has 198 valence electrons. The van der Waals surface area contributed by atoms with E-state index in [9.17, 15) is 0 Å². The van der Waals surface area contributed by atoms with Crippen LogP contribution in [0.1, 0.15) is 28.7 Å². The smallest absolute Gasteiger partial charge is 0.0942 e. The zero-order valence-corrected chi connectivity index (χ0v) is 23.1. The minimum Gasteiger partial charge on any atom is -0.333 e. The fourth-order valence-electron chi connectivity index (χ4n) is 7.40. The van der Waals surface area contributed by atoms with E-state index in [2.05, 4.69) is 108 Å². The predicted octanol–water partition coefficient (Wildman–Crippen LogP) is 9.91. The molecule has 0 bridgehead atoms. The summed E-state index contributed by atoms with van der Waals surface area (Å²) in [5.74, 6) is 0. The van der Waals surface area contributed by atoms with E-state index in [0.29, 0.717) is 0 Å². The molecule has 42 heavy (non-hydrogen) atoms. The van der Waals surface area contributed by atoms with Crippen LogP contribution in [0.3, 0.4) is 0 Å². The van der Waals surface area contributed by atoms with Crippen LogP contribution in [0, 0.1) is 0 Å². The van der Waals surface area contributed by atoms with Crippen LogP contribution in [0.2, 0.25) is 0 Å². The number of aryl methyl sites for hydroxylation is 1. The lowest BCUT2D eigenvalue weighted by Crippen LogP contribution is -2.22. The monoisotopic (exact) mass is 537 g/mol. The van der Waals surface area contributed by atoms with Gasteiger partial charge in [-0.05, 0) is 117 Å².